The molecule has 1 N–H and O–H groups in total. The van der Waals surface area contributed by atoms with Crippen LogP contribution in [0.2, 0.25) is 0 Å². The third-order valence-electron chi connectivity index (χ3n) is 3.21. The minimum absolute atomic E-state index is 0.0698. The molecule has 1 saturated heterocycles. The number of thiophene rings is 1. The van der Waals surface area contributed by atoms with Gasteiger partial charge in [0.2, 0.25) is 0 Å². The van der Waals surface area contributed by atoms with E-state index in [1.165, 1.54) is 13.0 Å². The van der Waals surface area contributed by atoms with Crippen LogP contribution in [-0.4, -0.2) is 47.2 Å². The van der Waals surface area contributed by atoms with Gasteiger partial charge in [0.25, 0.3) is 0 Å². The van der Waals surface area contributed by atoms with Gasteiger partial charge in [-0.3, -0.25) is 14.9 Å². The number of hydrogen-bond donors (Lipinski definition) is 1. The fraction of sp³-hybridized carbons (Fsp3) is 0.615. The van der Waals surface area contributed by atoms with Crippen molar-refractivity contribution < 1.29 is 19.6 Å². The van der Waals surface area contributed by atoms with Gasteiger partial charge in [-0.25, -0.2) is 0 Å². The number of nitrogens with zero attached hydrogens (tertiary/aromatic N) is 2. The molecular formula is C13H18N2O5S. The number of nitro groups is 1. The van der Waals surface area contributed by atoms with Gasteiger partial charge in [0.1, 0.15) is 0 Å². The van der Waals surface area contributed by atoms with Crippen LogP contribution in [0.4, 0.5) is 10.7 Å². The van der Waals surface area contributed by atoms with E-state index in [9.17, 15) is 20.0 Å². The predicted octanol–water partition coefficient (Wildman–Crippen LogP) is 1.83. The summed E-state index contributed by atoms with van der Waals surface area (Å²) in [6, 6.07) is 1.32. The minimum atomic E-state index is -0.528. The molecule has 0 aromatic carbocycles. The molecule has 0 radical (unpaired) electrons. The second kappa shape index (κ2) is 5.70. The number of anilines is 1. The van der Waals surface area contributed by atoms with Crippen LogP contribution in [0, 0.1) is 10.1 Å². The summed E-state index contributed by atoms with van der Waals surface area (Å²) in [5.41, 5.74) is -0.598. The smallest absolute Gasteiger partial charge is 0.304 e. The second-order valence-corrected chi connectivity index (χ2v) is 6.71. The van der Waals surface area contributed by atoms with Crippen LogP contribution in [0.1, 0.15) is 30.4 Å². The van der Waals surface area contributed by atoms with Gasteiger partial charge >= 0.3 is 5.69 Å². The van der Waals surface area contributed by atoms with E-state index in [-0.39, 0.29) is 18.1 Å². The van der Waals surface area contributed by atoms with Crippen LogP contribution in [-0.2, 0) is 4.74 Å². The summed E-state index contributed by atoms with van der Waals surface area (Å²) in [7, 11) is 0. The lowest BCUT2D eigenvalue weighted by molar-refractivity contribution is -0.383. The van der Waals surface area contributed by atoms with E-state index >= 15 is 0 Å². The van der Waals surface area contributed by atoms with Crippen LogP contribution >= 0.6 is 11.3 Å². The minimum Gasteiger partial charge on any atom is -0.394 e. The van der Waals surface area contributed by atoms with Crippen molar-refractivity contribution >= 4 is 27.8 Å². The monoisotopic (exact) mass is 314 g/mol. The van der Waals surface area contributed by atoms with E-state index in [0.717, 1.165) is 11.3 Å². The highest BCUT2D eigenvalue weighted by Gasteiger charge is 2.37. The zero-order valence-electron chi connectivity index (χ0n) is 12.2. The number of aliphatic hydroxyl groups is 1. The quantitative estimate of drug-likeness (QED) is 0.518. The number of ketones is 1. The molecule has 0 amide bonds. The number of aliphatic hydroxyl groups excluding tert-OH is 1. The summed E-state index contributed by atoms with van der Waals surface area (Å²) in [4.78, 5) is 24.4. The Bertz CT molecular complexity index is 569. The van der Waals surface area contributed by atoms with Gasteiger partial charge in [0, 0.05) is 19.2 Å². The summed E-state index contributed by atoms with van der Waals surface area (Å²) in [5, 5.41) is 21.0. The van der Waals surface area contributed by atoms with Crippen LogP contribution in [0.25, 0.3) is 0 Å². The number of carbonyl (C=O) groups is 1. The fourth-order valence-corrected chi connectivity index (χ4v) is 3.48. The summed E-state index contributed by atoms with van der Waals surface area (Å²) >= 11 is 1.11. The molecule has 2 rings (SSSR count). The summed E-state index contributed by atoms with van der Waals surface area (Å²) in [5.74, 6) is -0.194. The maximum Gasteiger partial charge on any atom is 0.304 e. The SMILES string of the molecule is CC(=O)c1cc([N+](=O)[O-])c(N2CC(CO)OC(C)(C)C2)s1. The van der Waals surface area contributed by atoms with Crippen LogP contribution in [0.3, 0.4) is 0 Å². The largest absolute Gasteiger partial charge is 0.394 e. The molecule has 7 nitrogen and oxygen atoms in total. The lowest BCUT2D eigenvalue weighted by atomic mass is 10.1. The molecule has 0 aliphatic carbocycles. The van der Waals surface area contributed by atoms with Crippen molar-refractivity contribution in [1.82, 2.24) is 0 Å². The highest BCUT2D eigenvalue weighted by Crippen LogP contribution is 2.40. The molecule has 1 aliphatic heterocycles. The van der Waals surface area contributed by atoms with E-state index in [1.54, 1.807) is 0 Å². The summed E-state index contributed by atoms with van der Waals surface area (Å²) < 4.78 is 5.71. The zero-order valence-corrected chi connectivity index (χ0v) is 13.0. The lowest BCUT2D eigenvalue weighted by Crippen LogP contribution is -2.53. The normalized spacial score (nSPS) is 21.3. The Morgan fingerprint density at radius 1 is 1.67 bits per heavy atom. The molecule has 0 spiro atoms. The number of rotatable bonds is 4. The van der Waals surface area contributed by atoms with Crippen molar-refractivity contribution in [2.45, 2.75) is 32.5 Å². The number of Topliss-reactive ketones (excluding diaryl/α,β-unsaturated/α-hetero) is 1. The zero-order chi connectivity index (χ0) is 15.8. The van der Waals surface area contributed by atoms with E-state index in [4.69, 9.17) is 4.74 Å². The maximum atomic E-state index is 11.5. The summed E-state index contributed by atoms with van der Waals surface area (Å²) in [6.07, 6.45) is -0.406. The van der Waals surface area contributed by atoms with E-state index in [0.29, 0.717) is 23.0 Å². The lowest BCUT2D eigenvalue weighted by Gasteiger charge is -2.42. The van der Waals surface area contributed by atoms with E-state index in [1.807, 2.05) is 18.7 Å². The molecule has 1 atom stereocenters. The van der Waals surface area contributed by atoms with Gasteiger partial charge in [-0.15, -0.1) is 11.3 Å². The van der Waals surface area contributed by atoms with Crippen LogP contribution < -0.4 is 4.90 Å². The first kappa shape index (κ1) is 15.9. The Morgan fingerprint density at radius 3 is 2.86 bits per heavy atom. The Hall–Kier alpha value is -1.51. The average Bonchev–Trinajstić information content (AvgIpc) is 2.82. The van der Waals surface area contributed by atoms with Crippen molar-refractivity contribution in [3.8, 4) is 0 Å². The van der Waals surface area contributed by atoms with Crippen molar-refractivity contribution in [3.05, 3.63) is 21.1 Å². The Balaban J connectivity index is 2.39. The van der Waals surface area contributed by atoms with Gasteiger partial charge in [-0.05, 0) is 20.8 Å². The first-order valence-electron chi connectivity index (χ1n) is 6.56. The molecule has 1 aromatic heterocycles. The first-order valence-corrected chi connectivity index (χ1v) is 7.38. The van der Waals surface area contributed by atoms with Crippen molar-refractivity contribution in [2.24, 2.45) is 0 Å². The molecule has 21 heavy (non-hydrogen) atoms. The molecule has 1 fully saturated rings. The first-order chi connectivity index (χ1) is 9.73. The van der Waals surface area contributed by atoms with Gasteiger partial charge in [-0.2, -0.15) is 0 Å². The van der Waals surface area contributed by atoms with E-state index < -0.39 is 16.6 Å². The molecule has 2 heterocycles. The Morgan fingerprint density at radius 2 is 2.33 bits per heavy atom. The molecule has 1 unspecified atom stereocenters. The van der Waals surface area contributed by atoms with Crippen molar-refractivity contribution in [1.29, 1.82) is 0 Å². The fourth-order valence-electron chi connectivity index (χ4n) is 2.45. The van der Waals surface area contributed by atoms with Crippen LogP contribution in [0.15, 0.2) is 6.07 Å². The molecule has 116 valence electrons. The molecule has 1 aromatic rings. The average molecular weight is 314 g/mol. The maximum absolute atomic E-state index is 11.5. The third-order valence-corrected chi connectivity index (χ3v) is 4.50. The Labute approximate surface area is 126 Å². The highest BCUT2D eigenvalue weighted by molar-refractivity contribution is 7.18. The molecule has 0 bridgehead atoms. The molecule has 8 heteroatoms. The third kappa shape index (κ3) is 3.39. The number of carbonyl (C=O) groups excluding carboxylic acids is 1. The number of ether oxygens (including phenoxy) is 1. The van der Waals surface area contributed by atoms with Crippen molar-refractivity contribution in [2.75, 3.05) is 24.6 Å². The predicted molar refractivity (Wildman–Crippen MR) is 79.2 cm³/mol. The standard InChI is InChI=1S/C13H18N2O5S/c1-8(17)11-4-10(15(18)19)12(21-11)14-5-9(6-16)20-13(2,3)7-14/h4,9,16H,5-7H2,1-3H3. The molecule has 1 aliphatic rings. The van der Waals surface area contributed by atoms with Crippen LogP contribution in [0.5, 0.6) is 0 Å². The summed E-state index contributed by atoms with van der Waals surface area (Å²) in [6.45, 7) is 5.79. The van der Waals surface area contributed by atoms with Gasteiger partial charge in [-0.1, -0.05) is 0 Å². The van der Waals surface area contributed by atoms with Gasteiger partial charge in [0.15, 0.2) is 10.8 Å². The van der Waals surface area contributed by atoms with E-state index in [2.05, 4.69) is 0 Å². The number of morpholine rings is 1. The molecular weight excluding hydrogens is 296 g/mol. The number of hydrogen-bond acceptors (Lipinski definition) is 7. The molecule has 0 saturated carbocycles. The van der Waals surface area contributed by atoms with Gasteiger partial charge in [0.05, 0.1) is 28.1 Å². The Kier molecular flexibility index (Phi) is 4.31. The van der Waals surface area contributed by atoms with Gasteiger partial charge < -0.3 is 14.7 Å². The highest BCUT2D eigenvalue weighted by atomic mass is 32.1. The van der Waals surface area contributed by atoms with Crippen molar-refractivity contribution in [3.63, 3.8) is 0 Å². The topological polar surface area (TPSA) is 92.9 Å². The second-order valence-electron chi connectivity index (χ2n) is 5.68.